The molecule has 0 bridgehead atoms. The summed E-state index contributed by atoms with van der Waals surface area (Å²) in [6, 6.07) is 8.40. The number of fused-ring (bicyclic) bond motifs is 2. The van der Waals surface area contributed by atoms with Gasteiger partial charge in [0.25, 0.3) is 17.5 Å². The van der Waals surface area contributed by atoms with Crippen LogP contribution in [0.4, 0.5) is 11.4 Å². The van der Waals surface area contributed by atoms with Crippen LogP contribution in [0.3, 0.4) is 0 Å². The van der Waals surface area contributed by atoms with Crippen molar-refractivity contribution in [3.05, 3.63) is 81.0 Å². The number of amides is 5. The number of piperidine rings is 2. The summed E-state index contributed by atoms with van der Waals surface area (Å²) in [4.78, 5) is 73.0. The summed E-state index contributed by atoms with van der Waals surface area (Å²) in [7, 11) is 0. The number of nitro groups is 1. The third-order valence-corrected chi connectivity index (χ3v) is 7.48. The largest absolute Gasteiger partial charge is 0.398 e. The van der Waals surface area contributed by atoms with E-state index in [1.165, 1.54) is 23.1 Å². The predicted molar refractivity (Wildman–Crippen MR) is 184 cm³/mol. The first kappa shape index (κ1) is 34.6. The van der Waals surface area contributed by atoms with Crippen LogP contribution >= 0.6 is 61.2 Å². The minimum Gasteiger partial charge on any atom is -0.398 e. The van der Waals surface area contributed by atoms with E-state index in [9.17, 15) is 34.1 Å². The number of halogens is 3. The Bertz CT molecular complexity index is 1520. The smallest absolute Gasteiger partial charge is 0.275 e. The lowest BCUT2D eigenvalue weighted by Crippen LogP contribution is -2.52. The number of anilines is 1. The fraction of sp³-hybridized carbons (Fsp3) is 0.296. The van der Waals surface area contributed by atoms with Crippen LogP contribution in [0, 0.1) is 10.1 Å². The van der Waals surface area contributed by atoms with Gasteiger partial charge in [-0.15, -0.1) is 24.0 Å². The van der Waals surface area contributed by atoms with E-state index in [0.29, 0.717) is 41.9 Å². The van der Waals surface area contributed by atoms with Crippen LogP contribution in [0.25, 0.3) is 0 Å². The van der Waals surface area contributed by atoms with Crippen molar-refractivity contribution in [1.29, 1.82) is 0 Å². The van der Waals surface area contributed by atoms with E-state index in [1.54, 1.807) is 23.1 Å². The SMILES string of the molecule is C=C1CCC(N2Cc3c(N)cccc3C2=O)C(=O)N1.I.II.O=C1CCC(N2Cc3c(cccc3[N+](=O)[O-])C2=O)C(=O)N1. The van der Waals surface area contributed by atoms with Crippen LogP contribution in [0.1, 0.15) is 57.5 Å². The van der Waals surface area contributed by atoms with E-state index < -0.39 is 28.8 Å². The second-order valence-corrected chi connectivity index (χ2v) is 9.91. The summed E-state index contributed by atoms with van der Waals surface area (Å²) in [5.41, 5.74) is 9.07. The van der Waals surface area contributed by atoms with Gasteiger partial charge in [-0.1, -0.05) is 18.7 Å². The molecule has 2 aromatic carbocycles. The molecule has 2 atom stereocenters. The van der Waals surface area contributed by atoms with Crippen molar-refractivity contribution in [3.8, 4) is 0 Å². The molecule has 0 spiro atoms. The molecule has 228 valence electrons. The van der Waals surface area contributed by atoms with Crippen LogP contribution in [0.2, 0.25) is 0 Å². The summed E-state index contributed by atoms with van der Waals surface area (Å²) < 4.78 is 0. The van der Waals surface area contributed by atoms with Crippen molar-refractivity contribution in [2.24, 2.45) is 0 Å². The number of nitrogens with one attached hydrogen (secondary N) is 2. The minimum absolute atomic E-state index is 0. The molecule has 2 fully saturated rings. The monoisotopic (exact) mass is 928 g/mol. The number of allylic oxidation sites excluding steroid dienone is 1. The topological polar surface area (TPSA) is 185 Å². The van der Waals surface area contributed by atoms with Crippen molar-refractivity contribution >= 4 is 102 Å². The van der Waals surface area contributed by atoms with Crippen molar-refractivity contribution in [3.63, 3.8) is 0 Å². The molecular weight excluding hydrogens is 901 g/mol. The lowest BCUT2D eigenvalue weighted by atomic mass is 10.0. The molecule has 0 aliphatic carbocycles. The van der Waals surface area contributed by atoms with E-state index in [1.807, 2.05) is 0 Å². The van der Waals surface area contributed by atoms with E-state index in [4.69, 9.17) is 5.73 Å². The molecule has 4 aliphatic rings. The molecule has 6 rings (SSSR count). The van der Waals surface area contributed by atoms with Crippen molar-refractivity contribution in [1.82, 2.24) is 20.4 Å². The molecule has 43 heavy (non-hydrogen) atoms. The Morgan fingerprint density at radius 2 is 1.35 bits per heavy atom. The van der Waals surface area contributed by atoms with Crippen LogP contribution in [0.15, 0.2) is 48.7 Å². The maximum Gasteiger partial charge on any atom is 0.275 e. The highest BCUT2D eigenvalue weighted by atomic mass is 128. The third kappa shape index (κ3) is 7.10. The van der Waals surface area contributed by atoms with Gasteiger partial charge in [0.1, 0.15) is 12.1 Å². The van der Waals surface area contributed by atoms with Gasteiger partial charge in [0.15, 0.2) is 0 Å². The van der Waals surface area contributed by atoms with Crippen molar-refractivity contribution < 1.29 is 28.9 Å². The van der Waals surface area contributed by atoms with Gasteiger partial charge in [-0.05, 0) is 37.5 Å². The molecule has 0 radical (unpaired) electrons. The first-order chi connectivity index (χ1) is 20.1. The summed E-state index contributed by atoms with van der Waals surface area (Å²) in [5.74, 6) is -1.59. The fourth-order valence-corrected chi connectivity index (χ4v) is 5.43. The molecule has 2 aromatic rings. The van der Waals surface area contributed by atoms with Crippen molar-refractivity contribution in [2.45, 2.75) is 50.9 Å². The van der Waals surface area contributed by atoms with Gasteiger partial charge < -0.3 is 20.9 Å². The highest BCUT2D eigenvalue weighted by Crippen LogP contribution is 2.33. The van der Waals surface area contributed by atoms with Gasteiger partial charge in [0.2, 0.25) is 17.7 Å². The van der Waals surface area contributed by atoms with Crippen LogP contribution < -0.4 is 16.4 Å². The normalized spacial score (nSPS) is 20.4. The Labute approximate surface area is 286 Å². The molecule has 0 aromatic heterocycles. The number of benzene rings is 2. The van der Waals surface area contributed by atoms with Gasteiger partial charge in [-0.3, -0.25) is 39.4 Å². The molecule has 0 saturated carbocycles. The van der Waals surface area contributed by atoms with E-state index in [-0.39, 0.29) is 72.3 Å². The zero-order valence-corrected chi connectivity index (χ0v) is 29.2. The zero-order chi connectivity index (χ0) is 30.7. The number of nitrogens with zero attached hydrogens (tertiary/aromatic N) is 3. The van der Waals surface area contributed by atoms with Gasteiger partial charge in [0.05, 0.1) is 22.6 Å². The zero-order valence-electron chi connectivity index (χ0n) is 22.5. The molecule has 13 nitrogen and oxygen atoms in total. The number of hydrogen-bond donors (Lipinski definition) is 3. The molecule has 16 heteroatoms. The molecule has 2 unspecified atom stereocenters. The van der Waals surface area contributed by atoms with Crippen LogP contribution in [0.5, 0.6) is 0 Å². The van der Waals surface area contributed by atoms with Crippen LogP contribution in [-0.4, -0.2) is 56.3 Å². The lowest BCUT2D eigenvalue weighted by Gasteiger charge is -2.30. The van der Waals surface area contributed by atoms with Gasteiger partial charge in [0, 0.05) is 78.8 Å². The van der Waals surface area contributed by atoms with Crippen LogP contribution in [-0.2, 0) is 27.5 Å². The van der Waals surface area contributed by atoms with E-state index in [0.717, 1.165) is 5.56 Å². The number of hydrogen-bond acceptors (Lipinski definition) is 8. The number of carbonyl (C=O) groups is 5. The first-order valence-electron chi connectivity index (χ1n) is 12.8. The summed E-state index contributed by atoms with van der Waals surface area (Å²) in [6.07, 6.45) is 1.70. The van der Waals surface area contributed by atoms with Gasteiger partial charge in [-0.2, -0.15) is 0 Å². The Morgan fingerprint density at radius 1 is 0.837 bits per heavy atom. The molecule has 5 amide bonds. The number of carbonyl (C=O) groups excluding carboxylic acids is 5. The molecule has 4 heterocycles. The number of nitrogens with two attached hydrogens (primary N) is 1. The lowest BCUT2D eigenvalue weighted by molar-refractivity contribution is -0.385. The molecule has 4 N–H and O–H groups in total. The Balaban J connectivity index is 0.000000219. The van der Waals surface area contributed by atoms with E-state index >= 15 is 0 Å². The Kier molecular flexibility index (Phi) is 11.9. The first-order valence-corrected chi connectivity index (χ1v) is 19.1. The molecule has 2 saturated heterocycles. The van der Waals surface area contributed by atoms with Gasteiger partial charge >= 0.3 is 0 Å². The van der Waals surface area contributed by atoms with Gasteiger partial charge in [-0.25, -0.2) is 0 Å². The highest BCUT2D eigenvalue weighted by molar-refractivity contribution is 15.0. The summed E-state index contributed by atoms with van der Waals surface area (Å²) in [5, 5.41) is 15.9. The van der Waals surface area contributed by atoms with E-state index in [2.05, 4.69) is 54.4 Å². The predicted octanol–water partition coefficient (Wildman–Crippen LogP) is 3.76. The number of rotatable bonds is 3. The number of nitrogen functional groups attached to an aromatic ring is 1. The maximum atomic E-state index is 12.3. The summed E-state index contributed by atoms with van der Waals surface area (Å²) >= 11 is 4.24. The fourth-order valence-electron chi connectivity index (χ4n) is 5.43. The second kappa shape index (κ2) is 14.7. The number of nitro benzene ring substituents is 1. The maximum absolute atomic E-state index is 12.3. The average molecular weight is 928 g/mol. The Morgan fingerprint density at radius 3 is 1.88 bits per heavy atom. The molecular formula is C27H27I3N6O7. The number of imide groups is 1. The summed E-state index contributed by atoms with van der Waals surface area (Å²) in [6.45, 7) is 4.16. The molecule has 4 aliphatic heterocycles. The minimum atomic E-state index is -0.762. The Hall–Kier alpha value is -2.88. The quantitative estimate of drug-likeness (QED) is 0.137. The standard InChI is InChI=1S/C14H15N3O2.C13H11N3O5.I2.HI/c1-8-5-6-12(13(18)16-8)17-7-10-9(14(17)19)3-2-4-11(10)15;17-11-5-4-10(12(18)14-11)15-6-8-7(13(15)19)2-1-3-9(8)16(20)21;1-2;/h2-4,12H,1,5-7,15H2,(H,16,18);1-3,10H,4-6H2,(H,14,17,18);;1H. The highest BCUT2D eigenvalue weighted by Gasteiger charge is 2.42. The average Bonchev–Trinajstić information content (AvgIpc) is 3.48. The van der Waals surface area contributed by atoms with Crippen molar-refractivity contribution in [2.75, 3.05) is 5.73 Å². The third-order valence-electron chi connectivity index (χ3n) is 7.48. The second-order valence-electron chi connectivity index (χ2n) is 9.91.